The van der Waals surface area contributed by atoms with Gasteiger partial charge in [0.05, 0.1) is 11.8 Å². The smallest absolute Gasteiger partial charge is 0.277 e. The molecule has 0 saturated carbocycles. The highest BCUT2D eigenvalue weighted by atomic mass is 16.5. The van der Waals surface area contributed by atoms with E-state index < -0.39 is 5.91 Å². The van der Waals surface area contributed by atoms with Gasteiger partial charge in [-0.3, -0.25) is 9.59 Å². The number of amides is 1. The third-order valence-electron chi connectivity index (χ3n) is 3.74. The van der Waals surface area contributed by atoms with Crippen LogP contribution in [0.3, 0.4) is 0 Å². The first kappa shape index (κ1) is 17.4. The summed E-state index contributed by atoms with van der Waals surface area (Å²) in [6.07, 6.45) is 1.32. The van der Waals surface area contributed by atoms with Crippen LogP contribution in [0.25, 0.3) is 10.9 Å². The van der Waals surface area contributed by atoms with E-state index in [0.29, 0.717) is 11.3 Å². The number of carbonyl (C=O) groups is 1. The van der Waals surface area contributed by atoms with Crippen molar-refractivity contribution in [1.82, 2.24) is 10.4 Å². The maximum absolute atomic E-state index is 12.0. The van der Waals surface area contributed by atoms with Gasteiger partial charge in [-0.2, -0.15) is 5.10 Å². The maximum atomic E-state index is 12.0. The molecule has 1 heterocycles. The molecule has 132 valence electrons. The second-order valence-electron chi connectivity index (χ2n) is 6.05. The van der Waals surface area contributed by atoms with Gasteiger partial charge in [-0.05, 0) is 54.6 Å². The van der Waals surface area contributed by atoms with Gasteiger partial charge < -0.3 is 9.72 Å². The molecule has 6 heteroatoms. The largest absolute Gasteiger partial charge is 0.484 e. The molecule has 0 atom stereocenters. The van der Waals surface area contributed by atoms with Gasteiger partial charge in [0.1, 0.15) is 5.75 Å². The predicted molar refractivity (Wildman–Crippen MR) is 102 cm³/mol. The number of rotatable bonds is 5. The fraction of sp³-hybridized carbons (Fsp3) is 0.150. The number of pyridine rings is 1. The highest BCUT2D eigenvalue weighted by molar-refractivity contribution is 5.88. The van der Waals surface area contributed by atoms with Gasteiger partial charge in [-0.15, -0.1) is 0 Å². The Morgan fingerprint density at radius 2 is 1.88 bits per heavy atom. The summed E-state index contributed by atoms with van der Waals surface area (Å²) >= 11 is 0. The summed E-state index contributed by atoms with van der Waals surface area (Å²) in [4.78, 5) is 26.6. The molecule has 0 aliphatic heterocycles. The van der Waals surface area contributed by atoms with Crippen LogP contribution >= 0.6 is 0 Å². The standard InChI is InChI=1S/C20H19N3O3/c1-13-7-14(2)9-17(8-13)26-12-19(24)23-21-11-16-10-15-5-3-4-6-18(15)22-20(16)25/h3-11H,12H2,1-2H3,(H,22,25)(H,23,24)/b21-11+. The van der Waals surface area contributed by atoms with Crippen molar-refractivity contribution in [2.24, 2.45) is 5.10 Å². The molecule has 1 amide bonds. The van der Waals surface area contributed by atoms with Crippen molar-refractivity contribution in [3.05, 3.63) is 75.6 Å². The highest BCUT2D eigenvalue weighted by Gasteiger charge is 2.04. The van der Waals surface area contributed by atoms with Crippen molar-refractivity contribution >= 4 is 23.0 Å². The number of benzene rings is 2. The summed E-state index contributed by atoms with van der Waals surface area (Å²) in [5, 5.41) is 4.72. The van der Waals surface area contributed by atoms with E-state index in [1.165, 1.54) is 6.21 Å². The SMILES string of the molecule is Cc1cc(C)cc(OCC(=O)N/N=C/c2cc3ccccc3[nH]c2=O)c1. The molecule has 0 spiro atoms. The Bertz CT molecular complexity index is 1020. The minimum atomic E-state index is -0.405. The number of aromatic nitrogens is 1. The first-order valence-corrected chi connectivity index (χ1v) is 8.16. The third kappa shape index (κ3) is 4.36. The van der Waals surface area contributed by atoms with Crippen LogP contribution in [0.1, 0.15) is 16.7 Å². The topological polar surface area (TPSA) is 83.5 Å². The Morgan fingerprint density at radius 3 is 2.65 bits per heavy atom. The fourth-order valence-electron chi connectivity index (χ4n) is 2.63. The van der Waals surface area contributed by atoms with Crippen LogP contribution in [0.2, 0.25) is 0 Å². The Kier molecular flexibility index (Phi) is 5.12. The Balaban J connectivity index is 1.60. The zero-order chi connectivity index (χ0) is 18.5. The van der Waals surface area contributed by atoms with E-state index in [-0.39, 0.29) is 12.2 Å². The van der Waals surface area contributed by atoms with Crippen LogP contribution in [0.15, 0.2) is 58.4 Å². The molecule has 3 aromatic rings. The Morgan fingerprint density at radius 1 is 1.15 bits per heavy atom. The lowest BCUT2D eigenvalue weighted by atomic mass is 10.1. The number of para-hydroxylation sites is 1. The molecule has 6 nitrogen and oxygen atoms in total. The summed E-state index contributed by atoms with van der Waals surface area (Å²) in [5.74, 6) is 0.227. The van der Waals surface area contributed by atoms with Gasteiger partial charge >= 0.3 is 0 Å². The number of aryl methyl sites for hydroxylation is 2. The molecule has 2 aromatic carbocycles. The van der Waals surface area contributed by atoms with Gasteiger partial charge in [0.2, 0.25) is 0 Å². The van der Waals surface area contributed by atoms with E-state index in [4.69, 9.17) is 4.74 Å². The number of carbonyl (C=O) groups excluding carboxylic acids is 1. The molecule has 1 aromatic heterocycles. The number of hydrazone groups is 1. The number of hydrogen-bond acceptors (Lipinski definition) is 4. The predicted octanol–water partition coefficient (Wildman–Crippen LogP) is 2.67. The molecule has 0 radical (unpaired) electrons. The highest BCUT2D eigenvalue weighted by Crippen LogP contribution is 2.15. The lowest BCUT2D eigenvalue weighted by Gasteiger charge is -2.07. The van der Waals surface area contributed by atoms with Crippen LogP contribution in [0.4, 0.5) is 0 Å². The lowest BCUT2D eigenvalue weighted by molar-refractivity contribution is -0.123. The van der Waals surface area contributed by atoms with Crippen molar-refractivity contribution in [3.63, 3.8) is 0 Å². The van der Waals surface area contributed by atoms with Crippen molar-refractivity contribution < 1.29 is 9.53 Å². The van der Waals surface area contributed by atoms with E-state index in [1.54, 1.807) is 6.07 Å². The quantitative estimate of drug-likeness (QED) is 0.549. The minimum absolute atomic E-state index is 0.158. The molecule has 2 N–H and O–H groups in total. The molecule has 26 heavy (non-hydrogen) atoms. The van der Waals surface area contributed by atoms with Crippen LogP contribution in [-0.2, 0) is 4.79 Å². The zero-order valence-electron chi connectivity index (χ0n) is 14.6. The molecule has 3 rings (SSSR count). The maximum Gasteiger partial charge on any atom is 0.277 e. The average molecular weight is 349 g/mol. The molecule has 0 bridgehead atoms. The summed E-state index contributed by atoms with van der Waals surface area (Å²) in [6.45, 7) is 3.77. The molecule has 0 saturated heterocycles. The van der Waals surface area contributed by atoms with E-state index in [0.717, 1.165) is 22.0 Å². The summed E-state index contributed by atoms with van der Waals surface area (Å²) in [6, 6.07) is 14.9. The van der Waals surface area contributed by atoms with Gasteiger partial charge in [0, 0.05) is 5.52 Å². The first-order valence-electron chi connectivity index (χ1n) is 8.16. The summed E-state index contributed by atoms with van der Waals surface area (Å²) in [5.41, 5.74) is 5.33. The summed E-state index contributed by atoms with van der Waals surface area (Å²) < 4.78 is 5.46. The van der Waals surface area contributed by atoms with Crippen molar-refractivity contribution in [2.75, 3.05) is 6.61 Å². The minimum Gasteiger partial charge on any atom is -0.484 e. The third-order valence-corrected chi connectivity index (χ3v) is 3.74. The van der Waals surface area contributed by atoms with Crippen molar-refractivity contribution in [3.8, 4) is 5.75 Å². The molecule has 0 unspecified atom stereocenters. The number of hydrogen-bond donors (Lipinski definition) is 2. The number of H-pyrrole nitrogens is 1. The molecular weight excluding hydrogens is 330 g/mol. The zero-order valence-corrected chi connectivity index (χ0v) is 14.6. The second kappa shape index (κ2) is 7.65. The van der Waals surface area contributed by atoms with Gasteiger partial charge in [0.15, 0.2) is 6.61 Å². The summed E-state index contributed by atoms with van der Waals surface area (Å²) in [7, 11) is 0. The molecule has 0 aliphatic carbocycles. The van der Waals surface area contributed by atoms with Crippen molar-refractivity contribution in [1.29, 1.82) is 0 Å². The van der Waals surface area contributed by atoms with E-state index >= 15 is 0 Å². The Labute approximate surface area is 150 Å². The Hall–Kier alpha value is -3.41. The van der Waals surface area contributed by atoms with Crippen LogP contribution < -0.4 is 15.7 Å². The number of fused-ring (bicyclic) bond motifs is 1. The fourth-order valence-corrected chi connectivity index (χ4v) is 2.63. The van der Waals surface area contributed by atoms with Crippen LogP contribution in [0, 0.1) is 13.8 Å². The molecule has 0 aliphatic rings. The van der Waals surface area contributed by atoms with E-state index in [2.05, 4.69) is 15.5 Å². The van der Waals surface area contributed by atoms with E-state index in [9.17, 15) is 9.59 Å². The lowest BCUT2D eigenvalue weighted by Crippen LogP contribution is -2.25. The normalized spacial score (nSPS) is 11.0. The van der Waals surface area contributed by atoms with E-state index in [1.807, 2.05) is 56.3 Å². The number of ether oxygens (including phenoxy) is 1. The monoisotopic (exact) mass is 349 g/mol. The number of nitrogens with zero attached hydrogens (tertiary/aromatic N) is 1. The number of nitrogens with one attached hydrogen (secondary N) is 2. The molecular formula is C20H19N3O3. The van der Waals surface area contributed by atoms with Crippen molar-refractivity contribution in [2.45, 2.75) is 13.8 Å². The van der Waals surface area contributed by atoms with Gasteiger partial charge in [0.25, 0.3) is 11.5 Å². The molecule has 0 fully saturated rings. The number of aromatic amines is 1. The van der Waals surface area contributed by atoms with Crippen LogP contribution in [0.5, 0.6) is 5.75 Å². The average Bonchev–Trinajstić information content (AvgIpc) is 2.59. The first-order chi connectivity index (χ1) is 12.5. The van der Waals surface area contributed by atoms with Crippen LogP contribution in [-0.4, -0.2) is 23.7 Å². The second-order valence-corrected chi connectivity index (χ2v) is 6.05. The van der Waals surface area contributed by atoms with Gasteiger partial charge in [-0.1, -0.05) is 24.3 Å². The van der Waals surface area contributed by atoms with Gasteiger partial charge in [-0.25, -0.2) is 5.43 Å².